The van der Waals surface area contributed by atoms with Gasteiger partial charge in [-0.3, -0.25) is 15.1 Å². The predicted octanol–water partition coefficient (Wildman–Crippen LogP) is 2.62. The monoisotopic (exact) mass is 481 g/mol. The van der Waals surface area contributed by atoms with Gasteiger partial charge < -0.3 is 20.9 Å². The first kappa shape index (κ1) is 24.5. The third-order valence-electron chi connectivity index (χ3n) is 5.59. The van der Waals surface area contributed by atoms with Crippen LogP contribution in [0.1, 0.15) is 18.4 Å². The zero-order valence-electron chi connectivity index (χ0n) is 18.0. The van der Waals surface area contributed by atoms with Gasteiger partial charge in [0.25, 0.3) is 5.56 Å². The van der Waals surface area contributed by atoms with E-state index in [2.05, 4.69) is 37.4 Å². The number of urea groups is 1. The molecule has 3 rings (SSSR count). The number of nitrogens with zero attached hydrogens (tertiary/aromatic N) is 3. The number of rotatable bonds is 9. The number of likely N-dealkylation sites (tertiary alicyclic amines) is 1. The number of hydrogen-bond donors (Lipinski definition) is 4. The third kappa shape index (κ3) is 6.66. The van der Waals surface area contributed by atoms with Crippen molar-refractivity contribution >= 4 is 40.9 Å². The van der Waals surface area contributed by atoms with E-state index in [1.807, 2.05) is 0 Å². The zero-order valence-corrected chi connectivity index (χ0v) is 19.5. The summed E-state index contributed by atoms with van der Waals surface area (Å²) in [5, 5.41) is 5.63. The van der Waals surface area contributed by atoms with Crippen LogP contribution in [0.2, 0.25) is 10.0 Å². The highest BCUT2D eigenvalue weighted by Crippen LogP contribution is 2.29. The summed E-state index contributed by atoms with van der Waals surface area (Å²) >= 11 is 12.0. The lowest BCUT2D eigenvalue weighted by Crippen LogP contribution is -2.36. The highest BCUT2D eigenvalue weighted by atomic mass is 35.5. The minimum atomic E-state index is -0.591. The number of carbonyl (C=O) groups is 1. The second kappa shape index (κ2) is 11.6. The molecule has 32 heavy (non-hydrogen) atoms. The minimum absolute atomic E-state index is 0.0529. The smallest absolute Gasteiger partial charge is 0.326 e. The van der Waals surface area contributed by atoms with Gasteiger partial charge in [-0.1, -0.05) is 29.3 Å². The Labute approximate surface area is 197 Å². The van der Waals surface area contributed by atoms with Gasteiger partial charge in [0.15, 0.2) is 0 Å². The van der Waals surface area contributed by atoms with Crippen molar-refractivity contribution in [1.29, 1.82) is 0 Å². The second-order valence-corrected chi connectivity index (χ2v) is 8.67. The van der Waals surface area contributed by atoms with Crippen LogP contribution >= 0.6 is 23.2 Å². The normalized spacial score (nSPS) is 16.5. The van der Waals surface area contributed by atoms with E-state index < -0.39 is 6.03 Å². The molecular weight excluding hydrogens is 453 g/mol. The Hall–Kier alpha value is -2.17. The number of hydrogen-bond acceptors (Lipinski definition) is 6. The first-order valence-corrected chi connectivity index (χ1v) is 11.4. The number of H-pyrrole nitrogens is 1. The van der Waals surface area contributed by atoms with Crippen LogP contribution in [0.5, 0.6) is 0 Å². The summed E-state index contributed by atoms with van der Waals surface area (Å²) in [6.45, 7) is 4.49. The van der Waals surface area contributed by atoms with Crippen LogP contribution < -0.4 is 21.9 Å². The number of anilines is 2. The largest absolute Gasteiger partial charge is 0.330 e. The second-order valence-electron chi connectivity index (χ2n) is 7.88. The number of nitrogens with two attached hydrogens (primary N) is 1. The molecular formula is C21H29Cl2N7O2. The molecule has 0 aliphatic carbocycles. The van der Waals surface area contributed by atoms with Crippen molar-refractivity contribution < 1.29 is 4.79 Å². The van der Waals surface area contributed by atoms with Crippen molar-refractivity contribution in [2.75, 3.05) is 50.4 Å². The quantitative estimate of drug-likeness (QED) is 0.436. The summed E-state index contributed by atoms with van der Waals surface area (Å²) in [7, 11) is 2.14. The van der Waals surface area contributed by atoms with Gasteiger partial charge in [-0.05, 0) is 58.1 Å². The number of halogens is 2. The van der Waals surface area contributed by atoms with Gasteiger partial charge in [-0.2, -0.15) is 0 Å². The Bertz CT molecular complexity index is 985. The van der Waals surface area contributed by atoms with Crippen LogP contribution in [0.25, 0.3) is 0 Å². The molecule has 0 saturated carbocycles. The van der Waals surface area contributed by atoms with Crippen LogP contribution in [0, 0.1) is 0 Å². The van der Waals surface area contributed by atoms with E-state index in [1.165, 1.54) is 6.20 Å². The molecule has 9 nitrogen and oxygen atoms in total. The van der Waals surface area contributed by atoms with E-state index in [9.17, 15) is 9.59 Å². The third-order valence-corrected chi connectivity index (χ3v) is 6.41. The fourth-order valence-corrected chi connectivity index (χ4v) is 4.05. The fraction of sp³-hybridized carbons (Fsp3) is 0.476. The summed E-state index contributed by atoms with van der Waals surface area (Å²) in [6, 6.07) is 4.83. The SMILES string of the molecule is CN(CCCN)C1CCN(CCc2cnc(NC(=O)Nc3cccc(Cl)c3Cl)[nH]c2=O)C1. The number of amides is 2. The molecule has 11 heteroatoms. The standard InChI is InChI=1S/C21H29Cl2N7O2/c1-29(9-3-8-24)15-7-11-30(13-15)10-6-14-12-25-20(27-19(14)31)28-21(32)26-17-5-2-4-16(22)18(17)23/h2,4-5,12,15H,3,6-11,13,24H2,1H3,(H3,25,26,27,28,31,32). The molecule has 1 saturated heterocycles. The maximum atomic E-state index is 12.4. The Balaban J connectivity index is 1.49. The first-order valence-electron chi connectivity index (χ1n) is 10.6. The maximum absolute atomic E-state index is 12.4. The van der Waals surface area contributed by atoms with Gasteiger partial charge in [0.05, 0.1) is 15.7 Å². The zero-order chi connectivity index (χ0) is 23.1. The molecule has 1 fully saturated rings. The lowest BCUT2D eigenvalue weighted by atomic mass is 10.2. The van der Waals surface area contributed by atoms with Gasteiger partial charge in [-0.15, -0.1) is 0 Å². The first-order chi connectivity index (χ1) is 15.4. The van der Waals surface area contributed by atoms with Gasteiger partial charge in [0.2, 0.25) is 5.95 Å². The van der Waals surface area contributed by atoms with Crippen molar-refractivity contribution in [3.05, 3.63) is 50.4 Å². The average molecular weight is 482 g/mol. The summed E-state index contributed by atoms with van der Waals surface area (Å²) < 4.78 is 0. The number of aromatic amines is 1. The van der Waals surface area contributed by atoms with E-state index in [-0.39, 0.29) is 16.5 Å². The van der Waals surface area contributed by atoms with E-state index in [1.54, 1.807) is 18.2 Å². The summed E-state index contributed by atoms with van der Waals surface area (Å²) in [5.41, 5.74) is 6.26. The highest BCUT2D eigenvalue weighted by molar-refractivity contribution is 6.44. The van der Waals surface area contributed by atoms with Crippen LogP contribution in [0.4, 0.5) is 16.4 Å². The molecule has 1 aromatic carbocycles. The van der Waals surface area contributed by atoms with Crippen LogP contribution in [0.15, 0.2) is 29.2 Å². The number of likely N-dealkylation sites (N-methyl/N-ethyl adjacent to an activating group) is 1. The summed E-state index contributed by atoms with van der Waals surface area (Å²) in [6.07, 6.45) is 4.21. The highest BCUT2D eigenvalue weighted by Gasteiger charge is 2.25. The van der Waals surface area contributed by atoms with Gasteiger partial charge in [0, 0.05) is 30.9 Å². The Kier molecular flexibility index (Phi) is 8.89. The topological polar surface area (TPSA) is 119 Å². The molecule has 1 aliphatic rings. The Morgan fingerprint density at radius 3 is 2.94 bits per heavy atom. The molecule has 1 aromatic heterocycles. The van der Waals surface area contributed by atoms with Crippen molar-refractivity contribution in [3.63, 3.8) is 0 Å². The van der Waals surface area contributed by atoms with Crippen LogP contribution in [-0.4, -0.2) is 71.6 Å². The molecule has 0 radical (unpaired) electrons. The van der Waals surface area contributed by atoms with E-state index >= 15 is 0 Å². The lowest BCUT2D eigenvalue weighted by Gasteiger charge is -2.24. The predicted molar refractivity (Wildman–Crippen MR) is 129 cm³/mol. The lowest BCUT2D eigenvalue weighted by molar-refractivity contribution is 0.231. The number of benzene rings is 1. The van der Waals surface area contributed by atoms with Gasteiger partial charge in [-0.25, -0.2) is 9.78 Å². The Morgan fingerprint density at radius 2 is 2.19 bits per heavy atom. The molecule has 0 spiro atoms. The molecule has 1 atom stereocenters. The van der Waals surface area contributed by atoms with E-state index in [0.29, 0.717) is 35.3 Å². The van der Waals surface area contributed by atoms with E-state index in [4.69, 9.17) is 28.9 Å². The number of carbonyl (C=O) groups excluding carboxylic acids is 1. The van der Waals surface area contributed by atoms with Crippen molar-refractivity contribution in [3.8, 4) is 0 Å². The van der Waals surface area contributed by atoms with E-state index in [0.717, 1.165) is 39.0 Å². The Morgan fingerprint density at radius 1 is 1.38 bits per heavy atom. The average Bonchev–Trinajstić information content (AvgIpc) is 3.24. The molecule has 2 amide bonds. The van der Waals surface area contributed by atoms with Crippen LogP contribution in [-0.2, 0) is 6.42 Å². The van der Waals surface area contributed by atoms with Crippen LogP contribution in [0.3, 0.4) is 0 Å². The maximum Gasteiger partial charge on any atom is 0.326 e. The fourth-order valence-electron chi connectivity index (χ4n) is 3.70. The molecule has 1 unspecified atom stereocenters. The summed E-state index contributed by atoms with van der Waals surface area (Å²) in [4.78, 5) is 36.1. The molecule has 2 aromatic rings. The number of aromatic nitrogens is 2. The molecule has 2 heterocycles. The number of nitrogens with one attached hydrogen (secondary N) is 3. The molecule has 0 bridgehead atoms. The molecule has 5 N–H and O–H groups in total. The van der Waals surface area contributed by atoms with Crippen molar-refractivity contribution in [2.24, 2.45) is 5.73 Å². The summed E-state index contributed by atoms with van der Waals surface area (Å²) in [5.74, 6) is 0.0529. The molecule has 174 valence electrons. The molecule has 1 aliphatic heterocycles. The van der Waals surface area contributed by atoms with Crippen molar-refractivity contribution in [2.45, 2.75) is 25.3 Å². The minimum Gasteiger partial charge on any atom is -0.330 e. The van der Waals surface area contributed by atoms with Gasteiger partial charge >= 0.3 is 6.03 Å². The van der Waals surface area contributed by atoms with Crippen molar-refractivity contribution in [1.82, 2.24) is 19.8 Å². The van der Waals surface area contributed by atoms with Gasteiger partial charge in [0.1, 0.15) is 0 Å².